The van der Waals surface area contributed by atoms with Crippen LogP contribution in [0.2, 0.25) is 0 Å². The zero-order valence-corrected chi connectivity index (χ0v) is 11.6. The molecule has 1 aromatic rings. The lowest BCUT2D eigenvalue weighted by molar-refractivity contribution is -0.183. The molecule has 0 aromatic carbocycles. The van der Waals surface area contributed by atoms with E-state index in [4.69, 9.17) is 0 Å². The molecule has 0 spiro atoms. The van der Waals surface area contributed by atoms with E-state index in [-0.39, 0.29) is 31.8 Å². The van der Waals surface area contributed by atoms with Crippen molar-refractivity contribution in [3.8, 4) is 0 Å². The SMILES string of the molecule is Cc1nc(C)c(C(=O)N2CCC(C(F)(F)F)CC2)s1. The predicted molar refractivity (Wildman–Crippen MR) is 66.3 cm³/mol. The van der Waals surface area contributed by atoms with Gasteiger partial charge in [0.05, 0.1) is 16.6 Å². The van der Waals surface area contributed by atoms with Gasteiger partial charge in [-0.05, 0) is 26.7 Å². The molecule has 2 heterocycles. The number of rotatable bonds is 1. The summed E-state index contributed by atoms with van der Waals surface area (Å²) in [7, 11) is 0. The molecular weight excluding hydrogens is 277 g/mol. The number of carbonyl (C=O) groups is 1. The van der Waals surface area contributed by atoms with E-state index in [2.05, 4.69) is 4.98 Å². The molecule has 0 N–H and O–H groups in total. The second-order valence-electron chi connectivity index (χ2n) is 4.76. The summed E-state index contributed by atoms with van der Waals surface area (Å²) >= 11 is 1.30. The average molecular weight is 292 g/mol. The third-order valence-corrected chi connectivity index (χ3v) is 4.40. The number of aryl methyl sites for hydroxylation is 2. The van der Waals surface area contributed by atoms with E-state index in [0.29, 0.717) is 10.6 Å². The van der Waals surface area contributed by atoms with Crippen molar-refractivity contribution in [2.45, 2.75) is 32.9 Å². The van der Waals surface area contributed by atoms with E-state index in [1.807, 2.05) is 6.92 Å². The molecule has 1 amide bonds. The number of hydrogen-bond donors (Lipinski definition) is 0. The van der Waals surface area contributed by atoms with Crippen LogP contribution in [0.4, 0.5) is 13.2 Å². The first-order valence-electron chi connectivity index (χ1n) is 6.09. The Bertz CT molecular complexity index is 476. The second-order valence-corrected chi connectivity index (χ2v) is 5.96. The molecular formula is C12H15F3N2OS. The average Bonchev–Trinajstić information content (AvgIpc) is 2.66. The molecule has 1 aliphatic rings. The van der Waals surface area contributed by atoms with Gasteiger partial charge in [-0.25, -0.2) is 4.98 Å². The Morgan fingerprint density at radius 1 is 1.32 bits per heavy atom. The molecule has 2 rings (SSSR count). The van der Waals surface area contributed by atoms with Crippen LogP contribution in [0.25, 0.3) is 0 Å². The van der Waals surface area contributed by atoms with Crippen LogP contribution in [0.15, 0.2) is 0 Å². The lowest BCUT2D eigenvalue weighted by atomic mass is 9.96. The number of amides is 1. The van der Waals surface area contributed by atoms with Crippen LogP contribution >= 0.6 is 11.3 Å². The summed E-state index contributed by atoms with van der Waals surface area (Å²) in [5.74, 6) is -1.47. The molecule has 1 aliphatic heterocycles. The van der Waals surface area contributed by atoms with E-state index in [1.54, 1.807) is 6.92 Å². The highest BCUT2D eigenvalue weighted by Crippen LogP contribution is 2.34. The Balaban J connectivity index is 2.02. The molecule has 1 aromatic heterocycles. The minimum absolute atomic E-state index is 0.00786. The first kappa shape index (κ1) is 14.3. The van der Waals surface area contributed by atoms with Gasteiger partial charge in [-0.2, -0.15) is 13.2 Å². The Kier molecular flexibility index (Phi) is 3.85. The van der Waals surface area contributed by atoms with Gasteiger partial charge in [-0.3, -0.25) is 4.79 Å². The first-order chi connectivity index (χ1) is 8.79. The number of alkyl halides is 3. The fraction of sp³-hybridized carbons (Fsp3) is 0.667. The largest absolute Gasteiger partial charge is 0.391 e. The summed E-state index contributed by atoms with van der Waals surface area (Å²) in [6.07, 6.45) is -4.16. The molecule has 0 unspecified atom stereocenters. The summed E-state index contributed by atoms with van der Waals surface area (Å²) < 4.78 is 37.6. The Labute approximate surface area is 113 Å². The molecule has 7 heteroatoms. The van der Waals surface area contributed by atoms with Crippen LogP contribution in [0.1, 0.15) is 33.2 Å². The zero-order chi connectivity index (χ0) is 14.2. The molecule has 106 valence electrons. The van der Waals surface area contributed by atoms with Crippen LogP contribution in [-0.4, -0.2) is 35.1 Å². The summed E-state index contributed by atoms with van der Waals surface area (Å²) in [6, 6.07) is 0. The van der Waals surface area contributed by atoms with Crippen molar-refractivity contribution in [1.82, 2.24) is 9.88 Å². The molecule has 3 nitrogen and oxygen atoms in total. The molecule has 1 fully saturated rings. The maximum absolute atomic E-state index is 12.5. The van der Waals surface area contributed by atoms with Gasteiger partial charge in [0.25, 0.3) is 5.91 Å². The molecule has 0 saturated carbocycles. The van der Waals surface area contributed by atoms with Gasteiger partial charge in [0.15, 0.2) is 0 Å². The number of aromatic nitrogens is 1. The van der Waals surface area contributed by atoms with Gasteiger partial charge < -0.3 is 4.90 Å². The fourth-order valence-electron chi connectivity index (χ4n) is 2.28. The first-order valence-corrected chi connectivity index (χ1v) is 6.90. The number of hydrogen-bond acceptors (Lipinski definition) is 3. The Morgan fingerprint density at radius 3 is 2.32 bits per heavy atom. The second kappa shape index (κ2) is 5.11. The number of nitrogens with zero attached hydrogens (tertiary/aromatic N) is 2. The van der Waals surface area contributed by atoms with E-state index >= 15 is 0 Å². The van der Waals surface area contributed by atoms with Crippen LogP contribution in [0, 0.1) is 19.8 Å². The molecule has 0 aliphatic carbocycles. The third kappa shape index (κ3) is 3.08. The highest BCUT2D eigenvalue weighted by atomic mass is 32.1. The standard InChI is InChI=1S/C12H15F3N2OS/c1-7-10(19-8(2)16-7)11(18)17-5-3-9(4-6-17)12(13,14)15/h9H,3-6H2,1-2H3. The molecule has 1 saturated heterocycles. The van der Waals surface area contributed by atoms with Crippen molar-refractivity contribution in [2.75, 3.05) is 13.1 Å². The maximum atomic E-state index is 12.5. The number of thiazole rings is 1. The van der Waals surface area contributed by atoms with Crippen molar-refractivity contribution in [3.63, 3.8) is 0 Å². The number of piperidine rings is 1. The number of halogens is 3. The van der Waals surface area contributed by atoms with Crippen molar-refractivity contribution in [3.05, 3.63) is 15.6 Å². The normalized spacial score (nSPS) is 17.8. The van der Waals surface area contributed by atoms with Crippen molar-refractivity contribution in [1.29, 1.82) is 0 Å². The molecule has 0 radical (unpaired) electrons. The minimum atomic E-state index is -4.15. The zero-order valence-electron chi connectivity index (χ0n) is 10.8. The van der Waals surface area contributed by atoms with Crippen LogP contribution in [0.5, 0.6) is 0 Å². The topological polar surface area (TPSA) is 33.2 Å². The van der Waals surface area contributed by atoms with Crippen molar-refractivity contribution >= 4 is 17.2 Å². The summed E-state index contributed by atoms with van der Waals surface area (Å²) in [5.41, 5.74) is 0.658. The highest BCUT2D eigenvalue weighted by Gasteiger charge is 2.42. The van der Waals surface area contributed by atoms with Crippen molar-refractivity contribution in [2.24, 2.45) is 5.92 Å². The van der Waals surface area contributed by atoms with Gasteiger partial charge in [0, 0.05) is 13.1 Å². The van der Waals surface area contributed by atoms with E-state index in [1.165, 1.54) is 16.2 Å². The lowest BCUT2D eigenvalue weighted by Gasteiger charge is -2.32. The fourth-order valence-corrected chi connectivity index (χ4v) is 3.17. The smallest absolute Gasteiger partial charge is 0.338 e. The highest BCUT2D eigenvalue weighted by molar-refractivity contribution is 7.13. The summed E-state index contributed by atoms with van der Waals surface area (Å²) in [5, 5.41) is 0.797. The lowest BCUT2D eigenvalue weighted by Crippen LogP contribution is -2.42. The quantitative estimate of drug-likeness (QED) is 0.796. The predicted octanol–water partition coefficient (Wildman–Crippen LogP) is 3.17. The monoisotopic (exact) mass is 292 g/mol. The van der Waals surface area contributed by atoms with E-state index in [9.17, 15) is 18.0 Å². The van der Waals surface area contributed by atoms with Crippen LogP contribution in [0.3, 0.4) is 0 Å². The number of likely N-dealkylation sites (tertiary alicyclic amines) is 1. The van der Waals surface area contributed by atoms with E-state index in [0.717, 1.165) is 5.01 Å². The third-order valence-electron chi connectivity index (χ3n) is 3.34. The molecule has 19 heavy (non-hydrogen) atoms. The Morgan fingerprint density at radius 2 is 1.89 bits per heavy atom. The minimum Gasteiger partial charge on any atom is -0.338 e. The van der Waals surface area contributed by atoms with Crippen LogP contribution in [-0.2, 0) is 0 Å². The summed E-state index contributed by atoms with van der Waals surface area (Å²) in [6.45, 7) is 3.89. The maximum Gasteiger partial charge on any atom is 0.391 e. The molecule has 0 bridgehead atoms. The van der Waals surface area contributed by atoms with Crippen molar-refractivity contribution < 1.29 is 18.0 Å². The summed E-state index contributed by atoms with van der Waals surface area (Å²) in [4.78, 5) is 18.4. The van der Waals surface area contributed by atoms with Crippen LogP contribution < -0.4 is 0 Å². The van der Waals surface area contributed by atoms with E-state index < -0.39 is 12.1 Å². The molecule has 0 atom stereocenters. The van der Waals surface area contributed by atoms with Gasteiger partial charge >= 0.3 is 6.18 Å². The number of carbonyl (C=O) groups excluding carboxylic acids is 1. The van der Waals surface area contributed by atoms with Gasteiger partial charge in [0.1, 0.15) is 4.88 Å². The Hall–Kier alpha value is -1.11. The van der Waals surface area contributed by atoms with Gasteiger partial charge in [0.2, 0.25) is 0 Å². The van der Waals surface area contributed by atoms with Gasteiger partial charge in [-0.15, -0.1) is 11.3 Å². The van der Waals surface area contributed by atoms with Gasteiger partial charge in [-0.1, -0.05) is 0 Å².